The van der Waals surface area contributed by atoms with Crippen LogP contribution in [0.15, 0.2) is 0 Å². The van der Waals surface area contributed by atoms with Crippen molar-refractivity contribution in [1.29, 1.82) is 0 Å². The fourth-order valence-electron chi connectivity index (χ4n) is 1.78. The lowest BCUT2D eigenvalue weighted by molar-refractivity contribution is -0.155. The highest BCUT2D eigenvalue weighted by Crippen LogP contribution is 2.67. The molecule has 3 saturated carbocycles. The van der Waals surface area contributed by atoms with Crippen LogP contribution in [0.3, 0.4) is 0 Å². The molecular formula is C6H8INO. The zero-order chi connectivity index (χ0) is 6.65. The van der Waals surface area contributed by atoms with Crippen molar-refractivity contribution in [3.8, 4) is 0 Å². The Kier molecular flexibility index (Phi) is 0.949. The minimum absolute atomic E-state index is 0.0504. The van der Waals surface area contributed by atoms with Crippen molar-refractivity contribution in [1.82, 2.24) is 0 Å². The number of hydrogen-bond acceptors (Lipinski definition) is 1. The molecule has 2 nitrogen and oxygen atoms in total. The molecule has 3 fully saturated rings. The maximum atomic E-state index is 10.8. The fourth-order valence-corrected chi connectivity index (χ4v) is 3.10. The van der Waals surface area contributed by atoms with Crippen LogP contribution in [0.1, 0.15) is 12.8 Å². The number of halogens is 1. The predicted molar refractivity (Wildman–Crippen MR) is 42.2 cm³/mol. The van der Waals surface area contributed by atoms with E-state index in [0.29, 0.717) is 3.92 Å². The van der Waals surface area contributed by atoms with Gasteiger partial charge >= 0.3 is 0 Å². The molecular weight excluding hydrogens is 229 g/mol. The van der Waals surface area contributed by atoms with Gasteiger partial charge in [0.2, 0.25) is 5.91 Å². The van der Waals surface area contributed by atoms with Gasteiger partial charge in [-0.05, 0) is 18.8 Å². The van der Waals surface area contributed by atoms with E-state index in [1.165, 1.54) is 0 Å². The van der Waals surface area contributed by atoms with E-state index in [4.69, 9.17) is 5.73 Å². The second-order valence-corrected chi connectivity index (χ2v) is 4.43. The Morgan fingerprint density at radius 2 is 2.22 bits per heavy atom. The third-order valence-corrected chi connectivity index (χ3v) is 4.89. The van der Waals surface area contributed by atoms with Gasteiger partial charge in [0, 0.05) is 3.92 Å². The molecule has 3 rings (SSSR count). The number of carbonyl (C=O) groups excluding carboxylic acids is 1. The van der Waals surface area contributed by atoms with Gasteiger partial charge < -0.3 is 5.73 Å². The van der Waals surface area contributed by atoms with E-state index in [1.54, 1.807) is 0 Å². The van der Waals surface area contributed by atoms with Gasteiger partial charge in [-0.15, -0.1) is 0 Å². The number of hydrogen-bond donors (Lipinski definition) is 1. The van der Waals surface area contributed by atoms with Crippen LogP contribution in [-0.2, 0) is 4.79 Å². The minimum atomic E-state index is -0.0793. The number of nitrogens with two attached hydrogens (primary N) is 1. The molecule has 9 heavy (non-hydrogen) atoms. The molecule has 0 spiro atoms. The summed E-state index contributed by atoms with van der Waals surface area (Å²) in [5, 5.41) is 0. The highest BCUT2D eigenvalue weighted by Gasteiger charge is 2.67. The Bertz CT molecular complexity index is 174. The van der Waals surface area contributed by atoms with Gasteiger partial charge in [0.25, 0.3) is 0 Å². The summed E-state index contributed by atoms with van der Waals surface area (Å²) in [5.41, 5.74) is 5.17. The number of rotatable bonds is 1. The molecule has 0 aromatic rings. The first kappa shape index (κ1) is 5.95. The lowest BCUT2D eigenvalue weighted by atomic mass is 9.44. The number of alkyl halides is 1. The first-order valence-corrected chi connectivity index (χ1v) is 4.35. The molecule has 2 bridgehead atoms. The maximum absolute atomic E-state index is 10.8. The Morgan fingerprint density at radius 1 is 1.67 bits per heavy atom. The van der Waals surface area contributed by atoms with Crippen LogP contribution in [0.25, 0.3) is 0 Å². The van der Waals surface area contributed by atoms with Gasteiger partial charge in [-0.2, -0.15) is 0 Å². The topological polar surface area (TPSA) is 43.1 Å². The van der Waals surface area contributed by atoms with Gasteiger partial charge in [0.1, 0.15) is 0 Å². The summed E-state index contributed by atoms with van der Waals surface area (Å²) in [5.74, 6) is 0.738. The Morgan fingerprint density at radius 3 is 2.22 bits per heavy atom. The lowest BCUT2D eigenvalue weighted by Gasteiger charge is -2.64. The quantitative estimate of drug-likeness (QED) is 0.529. The maximum Gasteiger partial charge on any atom is 0.224 e. The van der Waals surface area contributed by atoms with Crippen LogP contribution in [0.5, 0.6) is 0 Å². The van der Waals surface area contributed by atoms with Crippen LogP contribution < -0.4 is 5.73 Å². The summed E-state index contributed by atoms with van der Waals surface area (Å²) in [7, 11) is 0. The molecule has 0 heterocycles. The standard InChI is InChI=1S/C6H8INO/c7-4-3-1-6(4,2-3)5(8)9/h3-4H,1-2H2,(H2,8,9). The molecule has 1 unspecified atom stereocenters. The molecule has 0 aliphatic heterocycles. The third-order valence-electron chi connectivity index (χ3n) is 2.69. The van der Waals surface area contributed by atoms with Gasteiger partial charge in [-0.25, -0.2) is 0 Å². The van der Waals surface area contributed by atoms with Crippen molar-refractivity contribution in [2.45, 2.75) is 16.8 Å². The van der Waals surface area contributed by atoms with Gasteiger partial charge in [0.15, 0.2) is 0 Å². The first-order valence-electron chi connectivity index (χ1n) is 3.11. The van der Waals surface area contributed by atoms with Gasteiger partial charge in [0.05, 0.1) is 5.41 Å². The van der Waals surface area contributed by atoms with Gasteiger partial charge in [-0.3, -0.25) is 4.79 Å². The highest BCUT2D eigenvalue weighted by atomic mass is 127. The molecule has 0 aromatic heterocycles. The number of amides is 1. The molecule has 1 atom stereocenters. The Labute approximate surface area is 67.3 Å². The van der Waals surface area contributed by atoms with Crippen LogP contribution >= 0.6 is 22.6 Å². The van der Waals surface area contributed by atoms with E-state index < -0.39 is 0 Å². The van der Waals surface area contributed by atoms with Crippen molar-refractivity contribution >= 4 is 28.5 Å². The normalized spacial score (nSPS) is 53.4. The SMILES string of the molecule is NC(=O)C12CC(C1)C2I. The lowest BCUT2D eigenvalue weighted by Crippen LogP contribution is -2.68. The van der Waals surface area contributed by atoms with E-state index in [0.717, 1.165) is 18.8 Å². The molecule has 0 aromatic carbocycles. The second-order valence-electron chi connectivity index (χ2n) is 3.09. The average Bonchev–Trinajstić information content (AvgIpc) is 1.60. The van der Waals surface area contributed by atoms with E-state index in [2.05, 4.69) is 22.6 Å². The summed E-state index contributed by atoms with van der Waals surface area (Å²) in [6.45, 7) is 0. The largest absolute Gasteiger partial charge is 0.369 e. The van der Waals surface area contributed by atoms with E-state index in [1.807, 2.05) is 0 Å². The molecule has 50 valence electrons. The number of primary amides is 1. The zero-order valence-corrected chi connectivity index (χ0v) is 7.09. The van der Waals surface area contributed by atoms with Crippen LogP contribution in [-0.4, -0.2) is 9.83 Å². The van der Waals surface area contributed by atoms with Crippen molar-refractivity contribution in [3.05, 3.63) is 0 Å². The summed E-state index contributed by atoms with van der Waals surface area (Å²) in [6, 6.07) is 0. The molecule has 3 heteroatoms. The molecule has 1 amide bonds. The van der Waals surface area contributed by atoms with Gasteiger partial charge in [-0.1, -0.05) is 22.6 Å². The van der Waals surface area contributed by atoms with Crippen molar-refractivity contribution in [2.75, 3.05) is 0 Å². The third kappa shape index (κ3) is 0.459. The Hall–Kier alpha value is 0.200. The van der Waals surface area contributed by atoms with Crippen LogP contribution in [0.2, 0.25) is 0 Å². The summed E-state index contributed by atoms with van der Waals surface area (Å²) in [6.07, 6.45) is 2.13. The predicted octanol–water partition coefficient (Wildman–Crippen LogP) is 0.685. The minimum Gasteiger partial charge on any atom is -0.369 e. The highest BCUT2D eigenvalue weighted by molar-refractivity contribution is 14.1. The molecule has 3 aliphatic carbocycles. The molecule has 0 radical (unpaired) electrons. The first-order chi connectivity index (χ1) is 4.17. The van der Waals surface area contributed by atoms with Crippen molar-refractivity contribution < 1.29 is 4.79 Å². The monoisotopic (exact) mass is 237 g/mol. The van der Waals surface area contributed by atoms with E-state index in [9.17, 15) is 4.79 Å². The van der Waals surface area contributed by atoms with Crippen LogP contribution in [0, 0.1) is 11.3 Å². The van der Waals surface area contributed by atoms with Crippen molar-refractivity contribution in [2.24, 2.45) is 17.1 Å². The van der Waals surface area contributed by atoms with Crippen LogP contribution in [0.4, 0.5) is 0 Å². The van der Waals surface area contributed by atoms with E-state index >= 15 is 0 Å². The molecule has 2 N–H and O–H groups in total. The smallest absolute Gasteiger partial charge is 0.224 e. The average molecular weight is 237 g/mol. The van der Waals surface area contributed by atoms with E-state index in [-0.39, 0.29) is 11.3 Å². The molecule has 0 saturated heterocycles. The number of carbonyl (C=O) groups is 1. The molecule has 3 aliphatic rings. The zero-order valence-electron chi connectivity index (χ0n) is 4.93. The van der Waals surface area contributed by atoms with Crippen molar-refractivity contribution in [3.63, 3.8) is 0 Å². The Balaban J connectivity index is 2.19. The second kappa shape index (κ2) is 1.44. The summed E-state index contributed by atoms with van der Waals surface area (Å²) < 4.78 is 0.563. The summed E-state index contributed by atoms with van der Waals surface area (Å²) >= 11 is 2.34. The summed E-state index contributed by atoms with van der Waals surface area (Å²) in [4.78, 5) is 10.8. The fraction of sp³-hybridized carbons (Fsp3) is 0.833.